The molecular weight excluding hydrogens is 322 g/mol. The van der Waals surface area contributed by atoms with E-state index in [-0.39, 0.29) is 11.8 Å². The van der Waals surface area contributed by atoms with Gasteiger partial charge in [-0.25, -0.2) is 0 Å². The number of carbonyl (C=O) groups is 1. The van der Waals surface area contributed by atoms with Gasteiger partial charge in [0.25, 0.3) is 5.91 Å². The summed E-state index contributed by atoms with van der Waals surface area (Å²) in [6, 6.07) is 1.90. The van der Waals surface area contributed by atoms with Crippen molar-refractivity contribution in [2.24, 2.45) is 5.92 Å². The van der Waals surface area contributed by atoms with Gasteiger partial charge >= 0.3 is 0 Å². The highest BCUT2D eigenvalue weighted by Crippen LogP contribution is 2.33. The Balaban J connectivity index is 1.57. The molecule has 1 fully saturated rings. The van der Waals surface area contributed by atoms with Gasteiger partial charge in [-0.1, -0.05) is 0 Å². The SMILES string of the molecule is CCOCC1CN(C(=O)c2ccsc2)Cc2cn(CC3CC3)nc21. The van der Waals surface area contributed by atoms with Crippen LogP contribution in [0.4, 0.5) is 0 Å². The fourth-order valence-corrected chi connectivity index (χ4v) is 3.97. The van der Waals surface area contributed by atoms with Crippen molar-refractivity contribution < 1.29 is 9.53 Å². The van der Waals surface area contributed by atoms with Gasteiger partial charge in [-0.05, 0) is 37.1 Å². The monoisotopic (exact) mass is 345 g/mol. The predicted molar refractivity (Wildman–Crippen MR) is 93.2 cm³/mol. The number of hydrogen-bond donors (Lipinski definition) is 0. The zero-order valence-corrected chi connectivity index (χ0v) is 14.8. The number of ether oxygens (including phenoxy) is 1. The van der Waals surface area contributed by atoms with Crippen LogP contribution in [0.1, 0.15) is 47.3 Å². The summed E-state index contributed by atoms with van der Waals surface area (Å²) < 4.78 is 7.75. The molecule has 0 spiro atoms. The maximum atomic E-state index is 12.7. The van der Waals surface area contributed by atoms with Crippen molar-refractivity contribution in [1.82, 2.24) is 14.7 Å². The van der Waals surface area contributed by atoms with Crippen LogP contribution in [0.5, 0.6) is 0 Å². The van der Waals surface area contributed by atoms with Gasteiger partial charge < -0.3 is 9.64 Å². The van der Waals surface area contributed by atoms with Gasteiger partial charge in [0.2, 0.25) is 0 Å². The molecule has 1 aliphatic carbocycles. The van der Waals surface area contributed by atoms with E-state index in [1.54, 1.807) is 11.3 Å². The van der Waals surface area contributed by atoms with E-state index in [1.165, 1.54) is 18.4 Å². The van der Waals surface area contributed by atoms with Crippen LogP contribution in [0.3, 0.4) is 0 Å². The molecule has 1 unspecified atom stereocenters. The lowest BCUT2D eigenvalue weighted by atomic mass is 9.97. The molecule has 1 atom stereocenters. The Kier molecular flexibility index (Phi) is 4.41. The highest BCUT2D eigenvalue weighted by atomic mass is 32.1. The fraction of sp³-hybridized carbons (Fsp3) is 0.556. The van der Waals surface area contributed by atoms with Gasteiger partial charge in [0.1, 0.15) is 0 Å². The molecule has 6 heteroatoms. The predicted octanol–water partition coefficient (Wildman–Crippen LogP) is 3.13. The standard InChI is InChI=1S/C18H23N3O2S/c1-2-23-11-16-9-20(18(22)14-5-6-24-12-14)8-15-10-21(19-17(15)16)7-13-3-4-13/h5-6,10,12-13,16H,2-4,7-9,11H2,1H3. The van der Waals surface area contributed by atoms with E-state index in [2.05, 4.69) is 10.9 Å². The van der Waals surface area contributed by atoms with Gasteiger partial charge in [-0.3, -0.25) is 9.48 Å². The van der Waals surface area contributed by atoms with Crippen molar-refractivity contribution in [2.75, 3.05) is 19.8 Å². The number of carbonyl (C=O) groups excluding carboxylic acids is 1. The maximum Gasteiger partial charge on any atom is 0.255 e. The first-order valence-electron chi connectivity index (χ1n) is 8.70. The Bertz CT molecular complexity index is 706. The summed E-state index contributed by atoms with van der Waals surface area (Å²) in [5.41, 5.74) is 3.08. The molecule has 0 radical (unpaired) electrons. The number of thiophene rings is 1. The summed E-state index contributed by atoms with van der Waals surface area (Å²) in [7, 11) is 0. The lowest BCUT2D eigenvalue weighted by Gasteiger charge is -2.31. The second kappa shape index (κ2) is 6.69. The number of hydrogen-bond acceptors (Lipinski definition) is 4. The van der Waals surface area contributed by atoms with E-state index in [1.807, 2.05) is 28.7 Å². The third-order valence-corrected chi connectivity index (χ3v) is 5.46. The van der Waals surface area contributed by atoms with Gasteiger partial charge in [-0.15, -0.1) is 0 Å². The van der Waals surface area contributed by atoms with E-state index in [0.29, 0.717) is 26.3 Å². The summed E-state index contributed by atoms with van der Waals surface area (Å²) in [4.78, 5) is 14.7. The Morgan fingerprint density at radius 3 is 3.04 bits per heavy atom. The van der Waals surface area contributed by atoms with Crippen molar-refractivity contribution in [3.63, 3.8) is 0 Å². The summed E-state index contributed by atoms with van der Waals surface area (Å²) in [5.74, 6) is 1.07. The number of aromatic nitrogens is 2. The second-order valence-electron chi connectivity index (χ2n) is 6.76. The van der Waals surface area contributed by atoms with E-state index in [0.717, 1.165) is 23.7 Å². The largest absolute Gasteiger partial charge is 0.381 e. The van der Waals surface area contributed by atoms with Crippen LogP contribution in [0.25, 0.3) is 0 Å². The molecule has 2 aromatic rings. The lowest BCUT2D eigenvalue weighted by molar-refractivity contribution is 0.0652. The molecule has 0 bridgehead atoms. The first-order chi connectivity index (χ1) is 11.7. The minimum atomic E-state index is 0.110. The van der Waals surface area contributed by atoms with E-state index in [9.17, 15) is 4.79 Å². The first-order valence-corrected chi connectivity index (χ1v) is 9.64. The summed E-state index contributed by atoms with van der Waals surface area (Å²) >= 11 is 1.56. The number of fused-ring (bicyclic) bond motifs is 1. The quantitative estimate of drug-likeness (QED) is 0.808. The van der Waals surface area contributed by atoms with Crippen LogP contribution in [0.15, 0.2) is 23.0 Å². The Hall–Kier alpha value is -1.66. The van der Waals surface area contributed by atoms with Crippen LogP contribution in [0.2, 0.25) is 0 Å². The molecular formula is C18H23N3O2S. The van der Waals surface area contributed by atoms with Crippen LogP contribution in [-0.4, -0.2) is 40.3 Å². The molecule has 3 heterocycles. The lowest BCUT2D eigenvalue weighted by Crippen LogP contribution is -2.39. The van der Waals surface area contributed by atoms with Crippen LogP contribution in [0, 0.1) is 5.92 Å². The molecule has 2 aromatic heterocycles. The summed E-state index contributed by atoms with van der Waals surface area (Å²) in [6.45, 7) is 5.65. The molecule has 24 heavy (non-hydrogen) atoms. The van der Waals surface area contributed by atoms with Gasteiger partial charge in [-0.2, -0.15) is 16.4 Å². The molecule has 1 saturated carbocycles. The average molecular weight is 345 g/mol. The summed E-state index contributed by atoms with van der Waals surface area (Å²) in [6.07, 6.45) is 4.77. The van der Waals surface area contributed by atoms with Gasteiger partial charge in [0.05, 0.1) is 17.9 Å². The van der Waals surface area contributed by atoms with Gasteiger partial charge in [0.15, 0.2) is 0 Å². The molecule has 0 aromatic carbocycles. The highest BCUT2D eigenvalue weighted by Gasteiger charge is 2.32. The maximum absolute atomic E-state index is 12.7. The topological polar surface area (TPSA) is 47.4 Å². The van der Waals surface area contributed by atoms with Gasteiger partial charge in [0, 0.05) is 49.3 Å². The zero-order valence-electron chi connectivity index (χ0n) is 14.0. The summed E-state index contributed by atoms with van der Waals surface area (Å²) in [5, 5.41) is 8.70. The first kappa shape index (κ1) is 15.8. The van der Waals surface area contributed by atoms with Crippen LogP contribution < -0.4 is 0 Å². The van der Waals surface area contributed by atoms with Crippen LogP contribution in [-0.2, 0) is 17.8 Å². The van der Waals surface area contributed by atoms with Crippen molar-refractivity contribution >= 4 is 17.2 Å². The van der Waals surface area contributed by atoms with Crippen molar-refractivity contribution in [3.05, 3.63) is 39.8 Å². The second-order valence-corrected chi connectivity index (χ2v) is 7.54. The third kappa shape index (κ3) is 3.26. The van der Waals surface area contributed by atoms with E-state index < -0.39 is 0 Å². The zero-order chi connectivity index (χ0) is 16.5. The Morgan fingerprint density at radius 1 is 1.46 bits per heavy atom. The van der Waals surface area contributed by atoms with Crippen molar-refractivity contribution in [2.45, 2.75) is 38.8 Å². The molecule has 2 aliphatic rings. The molecule has 0 saturated heterocycles. The van der Waals surface area contributed by atoms with Crippen LogP contribution >= 0.6 is 11.3 Å². The van der Waals surface area contributed by atoms with E-state index >= 15 is 0 Å². The van der Waals surface area contributed by atoms with Crippen molar-refractivity contribution in [1.29, 1.82) is 0 Å². The smallest absolute Gasteiger partial charge is 0.255 e. The number of nitrogens with zero attached hydrogens (tertiary/aromatic N) is 3. The molecule has 1 amide bonds. The minimum Gasteiger partial charge on any atom is -0.381 e. The Labute approximate surface area is 146 Å². The normalized spacial score (nSPS) is 20.2. The molecule has 128 valence electrons. The molecule has 4 rings (SSSR count). The molecule has 5 nitrogen and oxygen atoms in total. The number of amides is 1. The molecule has 1 aliphatic heterocycles. The fourth-order valence-electron chi connectivity index (χ4n) is 3.34. The van der Waals surface area contributed by atoms with E-state index in [4.69, 9.17) is 9.84 Å². The third-order valence-electron chi connectivity index (χ3n) is 4.78. The van der Waals surface area contributed by atoms with Crippen molar-refractivity contribution in [3.8, 4) is 0 Å². The average Bonchev–Trinajstić information content (AvgIpc) is 3.08. The number of rotatable bonds is 6. The molecule has 0 N–H and O–H groups in total. The Morgan fingerprint density at radius 2 is 2.33 bits per heavy atom. The highest BCUT2D eigenvalue weighted by molar-refractivity contribution is 7.08. The minimum absolute atomic E-state index is 0.110.